The number of halogens is 1. The number of carbonyl (C=O) groups is 2. The molecule has 0 radical (unpaired) electrons. The Morgan fingerprint density at radius 1 is 1.39 bits per heavy atom. The minimum Gasteiger partial charge on any atom is -0.355 e. The highest BCUT2D eigenvalue weighted by Crippen LogP contribution is 2.22. The maximum absolute atomic E-state index is 11.9. The van der Waals surface area contributed by atoms with Crippen LogP contribution in [0.15, 0.2) is 15.9 Å². The zero-order valence-electron chi connectivity index (χ0n) is 10.5. The van der Waals surface area contributed by atoms with Crippen LogP contribution in [-0.4, -0.2) is 43.3 Å². The van der Waals surface area contributed by atoms with E-state index < -0.39 is 0 Å². The van der Waals surface area contributed by atoms with E-state index in [-0.39, 0.29) is 24.8 Å². The maximum atomic E-state index is 11.9. The second kappa shape index (κ2) is 7.66. The van der Waals surface area contributed by atoms with Crippen molar-refractivity contribution < 1.29 is 9.59 Å². The van der Waals surface area contributed by atoms with Gasteiger partial charge in [-0.05, 0) is 41.5 Å². The molecule has 6 heteroatoms. The van der Waals surface area contributed by atoms with Crippen molar-refractivity contribution in [3.05, 3.63) is 20.8 Å². The predicted octanol–water partition coefficient (Wildman–Crippen LogP) is 2.15. The summed E-state index contributed by atoms with van der Waals surface area (Å²) in [6.45, 7) is 3.19. The number of amides is 1. The largest absolute Gasteiger partial charge is 0.355 e. The Labute approximate surface area is 119 Å². The lowest BCUT2D eigenvalue weighted by molar-refractivity contribution is -0.121. The molecule has 1 rings (SSSR count). The first kappa shape index (κ1) is 15.3. The van der Waals surface area contributed by atoms with Gasteiger partial charge in [0.1, 0.15) is 0 Å². The molecule has 0 unspecified atom stereocenters. The molecular formula is C12H17BrN2O2S. The maximum Gasteiger partial charge on any atom is 0.234 e. The summed E-state index contributed by atoms with van der Waals surface area (Å²) < 4.78 is 0.939. The quantitative estimate of drug-likeness (QED) is 0.778. The highest BCUT2D eigenvalue weighted by Gasteiger charge is 2.13. The van der Waals surface area contributed by atoms with Crippen molar-refractivity contribution in [2.75, 3.05) is 26.7 Å². The van der Waals surface area contributed by atoms with Crippen molar-refractivity contribution in [3.63, 3.8) is 0 Å². The predicted molar refractivity (Wildman–Crippen MR) is 77.1 cm³/mol. The van der Waals surface area contributed by atoms with Gasteiger partial charge in [0.2, 0.25) is 5.91 Å². The molecule has 1 N–H and O–H groups in total. The average molecular weight is 333 g/mol. The molecule has 1 amide bonds. The Morgan fingerprint density at radius 3 is 2.67 bits per heavy atom. The molecule has 0 fully saturated rings. The fourth-order valence-electron chi connectivity index (χ4n) is 1.41. The highest BCUT2D eigenvalue weighted by atomic mass is 79.9. The summed E-state index contributed by atoms with van der Waals surface area (Å²) in [4.78, 5) is 25.8. The molecule has 0 aliphatic heterocycles. The molecule has 1 heterocycles. The number of ketones is 1. The standard InChI is InChI=1S/C12H17BrN2O2S/c1-3-6-14-12(17)8-15(2)7-9(16)10-4-5-11(13)18-10/h4-5H,3,6-8H2,1-2H3,(H,14,17). The van der Waals surface area contributed by atoms with Gasteiger partial charge in [0.25, 0.3) is 0 Å². The van der Waals surface area contributed by atoms with Crippen LogP contribution in [0.2, 0.25) is 0 Å². The van der Waals surface area contributed by atoms with Gasteiger partial charge in [-0.1, -0.05) is 6.92 Å². The molecule has 0 aliphatic carbocycles. The SMILES string of the molecule is CCCNC(=O)CN(C)CC(=O)c1ccc(Br)s1. The molecule has 100 valence electrons. The van der Waals surface area contributed by atoms with Crippen molar-refractivity contribution in [2.24, 2.45) is 0 Å². The number of thiophene rings is 1. The molecule has 0 aromatic carbocycles. The summed E-state index contributed by atoms with van der Waals surface area (Å²) in [7, 11) is 1.77. The zero-order chi connectivity index (χ0) is 13.5. The second-order valence-corrected chi connectivity index (χ2v) is 6.51. The lowest BCUT2D eigenvalue weighted by Gasteiger charge is -2.14. The van der Waals surface area contributed by atoms with Crippen molar-refractivity contribution in [3.8, 4) is 0 Å². The molecule has 0 bridgehead atoms. The number of hydrogen-bond acceptors (Lipinski definition) is 4. The molecule has 1 aromatic rings. The summed E-state index contributed by atoms with van der Waals surface area (Å²) in [6, 6.07) is 3.65. The van der Waals surface area contributed by atoms with Crippen molar-refractivity contribution in [1.29, 1.82) is 0 Å². The van der Waals surface area contributed by atoms with Crippen LogP contribution in [0.3, 0.4) is 0 Å². The van der Waals surface area contributed by atoms with E-state index in [9.17, 15) is 9.59 Å². The van der Waals surface area contributed by atoms with Gasteiger partial charge in [0.15, 0.2) is 5.78 Å². The van der Waals surface area contributed by atoms with Crippen LogP contribution >= 0.6 is 27.3 Å². The average Bonchev–Trinajstić information content (AvgIpc) is 2.73. The minimum atomic E-state index is -0.0421. The number of rotatable bonds is 7. The Hall–Kier alpha value is -0.720. The first-order chi connectivity index (χ1) is 8.52. The fourth-order valence-corrected chi connectivity index (χ4v) is 2.72. The normalized spacial score (nSPS) is 10.7. The van der Waals surface area contributed by atoms with Gasteiger partial charge in [0, 0.05) is 6.54 Å². The van der Waals surface area contributed by atoms with Gasteiger partial charge in [-0.3, -0.25) is 14.5 Å². The lowest BCUT2D eigenvalue weighted by atomic mass is 10.3. The van der Waals surface area contributed by atoms with Crippen molar-refractivity contribution in [1.82, 2.24) is 10.2 Å². The number of hydrogen-bond donors (Lipinski definition) is 1. The Morgan fingerprint density at radius 2 is 2.11 bits per heavy atom. The van der Waals surface area contributed by atoms with Gasteiger partial charge in [-0.2, -0.15) is 0 Å². The van der Waals surface area contributed by atoms with E-state index >= 15 is 0 Å². The van der Waals surface area contributed by atoms with Crippen LogP contribution in [0.1, 0.15) is 23.0 Å². The summed E-state index contributed by atoms with van der Waals surface area (Å²) >= 11 is 4.73. The third-order valence-corrected chi connectivity index (χ3v) is 3.91. The van der Waals surface area contributed by atoms with Crippen LogP contribution in [0.4, 0.5) is 0 Å². The van der Waals surface area contributed by atoms with Crippen LogP contribution in [0.25, 0.3) is 0 Å². The van der Waals surface area contributed by atoms with Crippen LogP contribution in [0.5, 0.6) is 0 Å². The van der Waals surface area contributed by atoms with E-state index in [0.717, 1.165) is 10.2 Å². The number of Topliss-reactive ketones (excluding diaryl/α,β-unsaturated/α-hetero) is 1. The number of nitrogens with zero attached hydrogens (tertiary/aromatic N) is 1. The van der Waals surface area contributed by atoms with E-state index in [1.54, 1.807) is 18.0 Å². The molecule has 1 aromatic heterocycles. The molecule has 0 aliphatic rings. The lowest BCUT2D eigenvalue weighted by Crippen LogP contribution is -2.37. The Bertz CT molecular complexity index is 420. The summed E-state index contributed by atoms with van der Waals surface area (Å²) in [6.07, 6.45) is 0.914. The van der Waals surface area contributed by atoms with Crippen LogP contribution in [-0.2, 0) is 4.79 Å². The zero-order valence-corrected chi connectivity index (χ0v) is 12.9. The molecule has 0 spiro atoms. The first-order valence-corrected chi connectivity index (χ1v) is 7.37. The Kier molecular flexibility index (Phi) is 6.52. The van der Waals surface area contributed by atoms with Gasteiger partial charge in [-0.15, -0.1) is 11.3 Å². The monoisotopic (exact) mass is 332 g/mol. The van der Waals surface area contributed by atoms with Crippen LogP contribution in [0, 0.1) is 0 Å². The smallest absolute Gasteiger partial charge is 0.234 e. The van der Waals surface area contributed by atoms with Crippen LogP contribution < -0.4 is 5.32 Å². The Balaban J connectivity index is 2.38. The van der Waals surface area contributed by atoms with Crippen molar-refractivity contribution >= 4 is 39.0 Å². The van der Waals surface area contributed by atoms with Crippen molar-refractivity contribution in [2.45, 2.75) is 13.3 Å². The number of likely N-dealkylation sites (N-methyl/N-ethyl adjacent to an activating group) is 1. The molecule has 0 saturated carbocycles. The summed E-state index contributed by atoms with van der Waals surface area (Å²) in [5.74, 6) is -0.00370. The third kappa shape index (κ3) is 5.29. The third-order valence-electron chi connectivity index (χ3n) is 2.25. The van der Waals surface area contributed by atoms with Gasteiger partial charge in [-0.25, -0.2) is 0 Å². The molecule has 0 atom stereocenters. The highest BCUT2D eigenvalue weighted by molar-refractivity contribution is 9.11. The molecule has 4 nitrogen and oxygen atoms in total. The first-order valence-electron chi connectivity index (χ1n) is 5.76. The van der Waals surface area contributed by atoms with Gasteiger partial charge in [0.05, 0.1) is 21.8 Å². The fraction of sp³-hybridized carbons (Fsp3) is 0.500. The summed E-state index contributed by atoms with van der Waals surface area (Å²) in [5, 5.41) is 2.78. The van der Waals surface area contributed by atoms with Gasteiger partial charge < -0.3 is 5.32 Å². The van der Waals surface area contributed by atoms with Gasteiger partial charge >= 0.3 is 0 Å². The molecular weight excluding hydrogens is 316 g/mol. The van der Waals surface area contributed by atoms with E-state index in [1.165, 1.54) is 11.3 Å². The second-order valence-electron chi connectivity index (χ2n) is 4.05. The van der Waals surface area contributed by atoms with E-state index in [0.29, 0.717) is 11.4 Å². The topological polar surface area (TPSA) is 49.4 Å². The van der Waals surface area contributed by atoms with E-state index in [2.05, 4.69) is 21.2 Å². The molecule has 18 heavy (non-hydrogen) atoms. The summed E-state index contributed by atoms with van der Waals surface area (Å²) in [5.41, 5.74) is 0. The number of nitrogens with one attached hydrogen (secondary N) is 1. The van der Waals surface area contributed by atoms with E-state index in [4.69, 9.17) is 0 Å². The molecule has 0 saturated heterocycles. The number of carbonyl (C=O) groups excluding carboxylic acids is 2. The van der Waals surface area contributed by atoms with E-state index in [1.807, 2.05) is 13.0 Å². The minimum absolute atomic E-state index is 0.0384.